The van der Waals surface area contributed by atoms with E-state index in [4.69, 9.17) is 0 Å². The number of carbonyl (C=O) groups is 1. The predicted molar refractivity (Wildman–Crippen MR) is 88.8 cm³/mol. The van der Waals surface area contributed by atoms with Crippen molar-refractivity contribution in [3.8, 4) is 0 Å². The zero-order chi connectivity index (χ0) is 13.1. The number of rotatable bonds is 3. The van der Waals surface area contributed by atoms with E-state index in [0.29, 0.717) is 5.56 Å². The van der Waals surface area contributed by atoms with Crippen LogP contribution in [0.3, 0.4) is 0 Å². The first kappa shape index (κ1) is 14.0. The van der Waals surface area contributed by atoms with Gasteiger partial charge in [0.1, 0.15) is 0 Å². The van der Waals surface area contributed by atoms with Gasteiger partial charge in [-0.2, -0.15) is 0 Å². The number of alkyl halides is 1. The van der Waals surface area contributed by atoms with Gasteiger partial charge in [-0.1, -0.05) is 34.1 Å². The summed E-state index contributed by atoms with van der Waals surface area (Å²) in [5.41, 5.74) is 2.64. The van der Waals surface area contributed by atoms with Gasteiger partial charge >= 0.3 is 0 Å². The first-order valence-corrected chi connectivity index (χ1v) is 8.23. The molecule has 1 aromatic heterocycles. The van der Waals surface area contributed by atoms with Crippen molar-refractivity contribution in [2.24, 2.45) is 0 Å². The lowest BCUT2D eigenvalue weighted by molar-refractivity contribution is 0.102. The van der Waals surface area contributed by atoms with E-state index in [1.807, 2.05) is 42.6 Å². The summed E-state index contributed by atoms with van der Waals surface area (Å²) < 4.78 is 1.11. The first-order chi connectivity index (χ1) is 8.58. The Morgan fingerprint density at radius 2 is 2.17 bits per heavy atom. The fourth-order valence-electron chi connectivity index (χ4n) is 1.58. The third-order valence-corrected chi connectivity index (χ3v) is 4.75. The van der Waals surface area contributed by atoms with Crippen LogP contribution in [0.25, 0.3) is 0 Å². The molecule has 2 rings (SSSR count). The van der Waals surface area contributed by atoms with Gasteiger partial charge in [0.05, 0.1) is 8.45 Å². The molecule has 2 aromatic rings. The third-order valence-electron chi connectivity index (χ3n) is 2.47. The van der Waals surface area contributed by atoms with Crippen LogP contribution in [-0.4, -0.2) is 5.91 Å². The number of anilines is 1. The molecule has 0 radical (unpaired) electrons. The Hall–Kier alpha value is -0.400. The number of amides is 1. The molecule has 1 N–H and O–H groups in total. The highest BCUT2D eigenvalue weighted by molar-refractivity contribution is 14.1. The molecule has 0 fully saturated rings. The molecule has 18 heavy (non-hydrogen) atoms. The van der Waals surface area contributed by atoms with E-state index in [9.17, 15) is 4.79 Å². The minimum Gasteiger partial charge on any atom is -0.322 e. The summed E-state index contributed by atoms with van der Waals surface area (Å²) in [6.07, 6.45) is 0. The summed E-state index contributed by atoms with van der Waals surface area (Å²) in [7, 11) is 0. The number of hydrogen-bond donors (Lipinski definition) is 1. The zero-order valence-corrected chi connectivity index (χ0v) is 14.2. The van der Waals surface area contributed by atoms with E-state index < -0.39 is 0 Å². The average Bonchev–Trinajstić information content (AvgIpc) is 2.76. The lowest BCUT2D eigenvalue weighted by atomic mass is 10.1. The molecule has 0 aliphatic heterocycles. The molecule has 2 nitrogen and oxygen atoms in total. The predicted octanol–water partition coefficient (Wildman–Crippen LogP) is 5.06. The lowest BCUT2D eigenvalue weighted by Crippen LogP contribution is -2.12. The van der Waals surface area contributed by atoms with E-state index in [0.717, 1.165) is 14.1 Å². The molecule has 1 amide bonds. The highest BCUT2D eigenvalue weighted by atomic mass is 127. The van der Waals surface area contributed by atoms with E-state index in [1.54, 1.807) is 11.3 Å². The third kappa shape index (κ3) is 3.33. The van der Waals surface area contributed by atoms with Crippen LogP contribution in [0.15, 0.2) is 35.7 Å². The Bertz CT molecular complexity index is 568. The van der Waals surface area contributed by atoms with Crippen molar-refractivity contribution in [1.82, 2.24) is 0 Å². The standard InChI is InChI=1S/C13H11BrINOS/c1-8(14)10-4-2-3-5-11(10)16-13(17)9-6-12(15)18-7-9/h2-8H,1H3,(H,16,17). The molecular formula is C13H11BrINOS. The maximum atomic E-state index is 12.1. The molecule has 5 heteroatoms. The van der Waals surface area contributed by atoms with Crippen molar-refractivity contribution in [2.75, 3.05) is 5.32 Å². The Balaban J connectivity index is 2.22. The highest BCUT2D eigenvalue weighted by Crippen LogP contribution is 2.29. The number of nitrogens with one attached hydrogen (secondary N) is 1. The van der Waals surface area contributed by atoms with Crippen LogP contribution in [0.1, 0.15) is 27.7 Å². The van der Waals surface area contributed by atoms with E-state index in [-0.39, 0.29) is 10.7 Å². The van der Waals surface area contributed by atoms with Gasteiger partial charge in [0.25, 0.3) is 5.91 Å². The van der Waals surface area contributed by atoms with Crippen molar-refractivity contribution >= 4 is 61.5 Å². The van der Waals surface area contributed by atoms with Crippen LogP contribution in [-0.2, 0) is 0 Å². The normalized spacial score (nSPS) is 12.2. The lowest BCUT2D eigenvalue weighted by Gasteiger charge is -2.12. The SMILES string of the molecule is CC(Br)c1ccccc1NC(=O)c1csc(I)c1. The van der Waals surface area contributed by atoms with Gasteiger partial charge in [-0.15, -0.1) is 11.3 Å². The monoisotopic (exact) mass is 435 g/mol. The largest absolute Gasteiger partial charge is 0.322 e. The molecular weight excluding hydrogens is 425 g/mol. The number of carbonyl (C=O) groups excluding carboxylic acids is 1. The van der Waals surface area contributed by atoms with Crippen LogP contribution < -0.4 is 5.32 Å². The second kappa shape index (κ2) is 6.16. The van der Waals surface area contributed by atoms with Crippen molar-refractivity contribution in [3.63, 3.8) is 0 Å². The van der Waals surface area contributed by atoms with Gasteiger partial charge in [-0.3, -0.25) is 4.79 Å². The van der Waals surface area contributed by atoms with Crippen LogP contribution in [0.4, 0.5) is 5.69 Å². The Kier molecular flexibility index (Phi) is 4.80. The smallest absolute Gasteiger partial charge is 0.256 e. The zero-order valence-electron chi connectivity index (χ0n) is 9.61. The molecule has 0 aliphatic carbocycles. The van der Waals surface area contributed by atoms with Crippen LogP contribution in [0.5, 0.6) is 0 Å². The van der Waals surface area contributed by atoms with E-state index >= 15 is 0 Å². The quantitative estimate of drug-likeness (QED) is 0.529. The van der Waals surface area contributed by atoms with Crippen molar-refractivity contribution in [3.05, 3.63) is 49.7 Å². The topological polar surface area (TPSA) is 29.1 Å². The number of benzene rings is 1. The Morgan fingerprint density at radius 1 is 1.44 bits per heavy atom. The molecule has 0 spiro atoms. The van der Waals surface area contributed by atoms with Gasteiger partial charge in [0.2, 0.25) is 0 Å². The Morgan fingerprint density at radius 3 is 2.78 bits per heavy atom. The van der Waals surface area contributed by atoms with E-state index in [1.165, 1.54) is 0 Å². The second-order valence-corrected chi connectivity index (χ2v) is 7.98. The highest BCUT2D eigenvalue weighted by Gasteiger charge is 2.12. The minimum absolute atomic E-state index is 0.0604. The summed E-state index contributed by atoms with van der Waals surface area (Å²) in [5.74, 6) is -0.0604. The molecule has 1 unspecified atom stereocenters. The van der Waals surface area contributed by atoms with Crippen molar-refractivity contribution in [2.45, 2.75) is 11.8 Å². The molecule has 0 bridgehead atoms. The number of hydrogen-bond acceptors (Lipinski definition) is 2. The maximum Gasteiger partial charge on any atom is 0.256 e. The maximum absolute atomic E-state index is 12.1. The first-order valence-electron chi connectivity index (χ1n) is 5.36. The molecule has 94 valence electrons. The van der Waals surface area contributed by atoms with Crippen molar-refractivity contribution in [1.29, 1.82) is 0 Å². The van der Waals surface area contributed by atoms with Gasteiger partial charge in [-0.05, 0) is 47.2 Å². The van der Waals surface area contributed by atoms with Crippen molar-refractivity contribution < 1.29 is 4.79 Å². The summed E-state index contributed by atoms with van der Waals surface area (Å²) in [5, 5.41) is 4.83. The van der Waals surface area contributed by atoms with Crippen LogP contribution in [0, 0.1) is 2.88 Å². The average molecular weight is 436 g/mol. The van der Waals surface area contributed by atoms with Gasteiger partial charge in [0, 0.05) is 15.9 Å². The molecule has 1 aromatic carbocycles. The number of para-hydroxylation sites is 1. The summed E-state index contributed by atoms with van der Waals surface area (Å²) in [6, 6.07) is 9.71. The van der Waals surface area contributed by atoms with Crippen LogP contribution in [0.2, 0.25) is 0 Å². The van der Waals surface area contributed by atoms with Gasteiger partial charge in [0.15, 0.2) is 0 Å². The molecule has 1 atom stereocenters. The molecule has 1 heterocycles. The Labute approximate surface area is 132 Å². The number of thiophene rings is 1. The fourth-order valence-corrected chi connectivity index (χ4v) is 3.31. The minimum atomic E-state index is -0.0604. The summed E-state index contributed by atoms with van der Waals surface area (Å²) in [6.45, 7) is 2.04. The summed E-state index contributed by atoms with van der Waals surface area (Å²) >= 11 is 7.32. The van der Waals surface area contributed by atoms with Gasteiger partial charge < -0.3 is 5.32 Å². The summed E-state index contributed by atoms with van der Waals surface area (Å²) in [4.78, 5) is 12.3. The van der Waals surface area contributed by atoms with E-state index in [2.05, 4.69) is 43.8 Å². The van der Waals surface area contributed by atoms with Crippen LogP contribution >= 0.6 is 49.9 Å². The molecule has 0 saturated carbocycles. The number of halogens is 2. The molecule has 0 aliphatic rings. The fraction of sp³-hybridized carbons (Fsp3) is 0.154. The molecule has 0 saturated heterocycles. The van der Waals surface area contributed by atoms with Gasteiger partial charge in [-0.25, -0.2) is 0 Å². The second-order valence-electron chi connectivity index (χ2n) is 3.80.